The molecule has 0 atom stereocenters. The average molecular weight is 393 g/mol. The summed E-state index contributed by atoms with van der Waals surface area (Å²) < 4.78 is 12.3. The molecule has 1 aliphatic heterocycles. The molecular weight excluding hydrogens is 378 g/mol. The number of ether oxygens (including phenoxy) is 2. The molecule has 1 aromatic carbocycles. The third-order valence-corrected chi connectivity index (χ3v) is 5.32. The first-order valence-electron chi connectivity index (χ1n) is 8.53. The molecule has 9 heteroatoms. The largest absolute Gasteiger partial charge is 0.454 e. The van der Waals surface area contributed by atoms with Gasteiger partial charge in [0.15, 0.2) is 17.1 Å². The normalized spacial score (nSPS) is 12.4. The fourth-order valence-corrected chi connectivity index (χ4v) is 3.83. The molecule has 3 N–H and O–H groups in total. The first-order valence-corrected chi connectivity index (χ1v) is 9.41. The first kappa shape index (κ1) is 16.6. The third kappa shape index (κ3) is 3.01. The minimum absolute atomic E-state index is 0.125. The van der Waals surface area contributed by atoms with Crippen LogP contribution in [0.1, 0.15) is 15.2 Å². The zero-order valence-corrected chi connectivity index (χ0v) is 15.4. The van der Waals surface area contributed by atoms with Gasteiger partial charge in [-0.05, 0) is 46.8 Å². The molecule has 4 aromatic rings. The lowest BCUT2D eigenvalue weighted by Gasteiger charge is -2.05. The Hall–Kier alpha value is -3.59. The van der Waals surface area contributed by atoms with Gasteiger partial charge in [-0.25, -0.2) is 4.52 Å². The van der Waals surface area contributed by atoms with E-state index in [2.05, 4.69) is 15.4 Å². The number of benzene rings is 1. The number of carbonyl (C=O) groups is 1. The minimum atomic E-state index is -0.125. The van der Waals surface area contributed by atoms with Crippen molar-refractivity contribution in [2.24, 2.45) is 0 Å². The Kier molecular flexibility index (Phi) is 3.87. The van der Waals surface area contributed by atoms with Crippen LogP contribution in [0.15, 0.2) is 48.0 Å². The lowest BCUT2D eigenvalue weighted by Crippen LogP contribution is -2.21. The Morgan fingerprint density at radius 2 is 2.07 bits per heavy atom. The number of anilines is 1. The predicted octanol–water partition coefficient (Wildman–Crippen LogP) is 2.70. The number of nitrogens with one attached hydrogen (secondary N) is 1. The van der Waals surface area contributed by atoms with Crippen LogP contribution in [0.2, 0.25) is 0 Å². The summed E-state index contributed by atoms with van der Waals surface area (Å²) in [6.45, 7) is 0.642. The smallest absolute Gasteiger partial charge is 0.261 e. The SMILES string of the molecule is Nc1nc2ccc(-c3csc(C(=O)NCc4ccc5c(c4)OCO5)c3)cn2n1. The number of aromatic nitrogens is 3. The van der Waals surface area contributed by atoms with E-state index in [-0.39, 0.29) is 18.6 Å². The van der Waals surface area contributed by atoms with Gasteiger partial charge in [-0.1, -0.05) is 6.07 Å². The summed E-state index contributed by atoms with van der Waals surface area (Å²) in [7, 11) is 0. The highest BCUT2D eigenvalue weighted by molar-refractivity contribution is 7.12. The Morgan fingerprint density at radius 3 is 3.00 bits per heavy atom. The molecule has 0 radical (unpaired) electrons. The van der Waals surface area contributed by atoms with Crippen LogP contribution in [-0.2, 0) is 6.54 Å². The van der Waals surface area contributed by atoms with Crippen molar-refractivity contribution in [1.29, 1.82) is 0 Å². The fourth-order valence-electron chi connectivity index (χ4n) is 3.00. The molecule has 1 aliphatic rings. The molecule has 3 aromatic heterocycles. The van der Waals surface area contributed by atoms with Gasteiger partial charge in [0.05, 0.1) is 4.88 Å². The van der Waals surface area contributed by atoms with Gasteiger partial charge in [0, 0.05) is 18.3 Å². The van der Waals surface area contributed by atoms with Gasteiger partial charge in [0.2, 0.25) is 12.7 Å². The lowest BCUT2D eigenvalue weighted by atomic mass is 10.1. The standard InChI is InChI=1S/C19H15N5O3S/c20-19-22-17-4-2-12(8-24(17)23-19)13-6-16(28-9-13)18(25)21-7-11-1-3-14-15(5-11)27-10-26-14/h1-6,8-9H,7,10H2,(H2,20,23)(H,21,25). The molecule has 140 valence electrons. The van der Waals surface area contributed by atoms with E-state index in [1.165, 1.54) is 11.3 Å². The van der Waals surface area contributed by atoms with Crippen molar-refractivity contribution in [3.63, 3.8) is 0 Å². The molecule has 0 bridgehead atoms. The molecule has 5 rings (SSSR count). The lowest BCUT2D eigenvalue weighted by molar-refractivity contribution is 0.0955. The van der Waals surface area contributed by atoms with Gasteiger partial charge in [0.1, 0.15) is 0 Å². The molecule has 8 nitrogen and oxygen atoms in total. The molecule has 0 fully saturated rings. The average Bonchev–Trinajstić information content (AvgIpc) is 3.43. The van der Waals surface area contributed by atoms with Gasteiger partial charge in [0.25, 0.3) is 5.91 Å². The van der Waals surface area contributed by atoms with E-state index in [1.54, 1.807) is 4.52 Å². The Balaban J connectivity index is 1.30. The summed E-state index contributed by atoms with van der Waals surface area (Å²) in [5.41, 5.74) is 9.13. The maximum atomic E-state index is 12.5. The van der Waals surface area contributed by atoms with Gasteiger partial charge in [-0.3, -0.25) is 4.79 Å². The van der Waals surface area contributed by atoms with Gasteiger partial charge < -0.3 is 20.5 Å². The summed E-state index contributed by atoms with van der Waals surface area (Å²) >= 11 is 1.39. The number of amides is 1. The third-order valence-electron chi connectivity index (χ3n) is 4.39. The number of nitrogens with two attached hydrogens (primary N) is 1. The summed E-state index contributed by atoms with van der Waals surface area (Å²) in [6.07, 6.45) is 1.84. The number of nitrogen functional groups attached to an aromatic ring is 1. The van der Waals surface area contributed by atoms with E-state index in [9.17, 15) is 4.79 Å². The van der Waals surface area contributed by atoms with Crippen LogP contribution < -0.4 is 20.5 Å². The van der Waals surface area contributed by atoms with Crippen molar-refractivity contribution in [3.05, 3.63) is 58.4 Å². The van der Waals surface area contributed by atoms with Crippen molar-refractivity contribution in [2.45, 2.75) is 6.54 Å². The van der Waals surface area contributed by atoms with Crippen LogP contribution in [-0.4, -0.2) is 27.3 Å². The highest BCUT2D eigenvalue weighted by Gasteiger charge is 2.15. The number of rotatable bonds is 4. The summed E-state index contributed by atoms with van der Waals surface area (Å²) in [4.78, 5) is 17.3. The highest BCUT2D eigenvalue weighted by Crippen LogP contribution is 2.32. The monoisotopic (exact) mass is 393 g/mol. The van der Waals surface area contributed by atoms with Crippen LogP contribution in [0.5, 0.6) is 11.5 Å². The van der Waals surface area contributed by atoms with Gasteiger partial charge in [-0.15, -0.1) is 16.4 Å². The summed E-state index contributed by atoms with van der Waals surface area (Å²) in [6, 6.07) is 11.3. The van der Waals surface area contributed by atoms with Crippen LogP contribution >= 0.6 is 11.3 Å². The second-order valence-corrected chi connectivity index (χ2v) is 7.17. The number of hydrogen-bond donors (Lipinski definition) is 2. The number of hydrogen-bond acceptors (Lipinski definition) is 7. The second kappa shape index (κ2) is 6.54. The number of carbonyl (C=O) groups excluding carboxylic acids is 1. The van der Waals surface area contributed by atoms with Crippen molar-refractivity contribution < 1.29 is 14.3 Å². The zero-order valence-electron chi connectivity index (χ0n) is 14.6. The van der Waals surface area contributed by atoms with Crippen molar-refractivity contribution in [1.82, 2.24) is 19.9 Å². The van der Waals surface area contributed by atoms with E-state index in [0.29, 0.717) is 22.8 Å². The van der Waals surface area contributed by atoms with E-state index < -0.39 is 0 Å². The summed E-state index contributed by atoms with van der Waals surface area (Å²) in [5, 5.41) is 8.99. The molecular formula is C19H15N5O3S. The quantitative estimate of drug-likeness (QED) is 0.552. The number of nitrogens with zero attached hydrogens (tertiary/aromatic N) is 3. The topological polar surface area (TPSA) is 104 Å². The molecule has 0 saturated heterocycles. The fraction of sp³-hybridized carbons (Fsp3) is 0.105. The van der Waals surface area contributed by atoms with Crippen LogP contribution in [0.4, 0.5) is 5.95 Å². The highest BCUT2D eigenvalue weighted by atomic mass is 32.1. The number of pyridine rings is 1. The van der Waals surface area contributed by atoms with E-state index in [1.807, 2.05) is 48.0 Å². The van der Waals surface area contributed by atoms with E-state index in [4.69, 9.17) is 15.2 Å². The maximum absolute atomic E-state index is 12.5. The van der Waals surface area contributed by atoms with Crippen molar-refractivity contribution in [3.8, 4) is 22.6 Å². The Bertz CT molecular complexity index is 1200. The molecule has 1 amide bonds. The molecule has 28 heavy (non-hydrogen) atoms. The Morgan fingerprint density at radius 1 is 1.18 bits per heavy atom. The van der Waals surface area contributed by atoms with Crippen molar-refractivity contribution >= 4 is 28.8 Å². The minimum Gasteiger partial charge on any atom is -0.454 e. The Labute approximate surface area is 163 Å². The van der Waals surface area contributed by atoms with Gasteiger partial charge >= 0.3 is 0 Å². The zero-order chi connectivity index (χ0) is 19.1. The van der Waals surface area contributed by atoms with Gasteiger partial charge in [-0.2, -0.15) is 4.98 Å². The van der Waals surface area contributed by atoms with Crippen LogP contribution in [0.3, 0.4) is 0 Å². The molecule has 0 saturated carbocycles. The molecule has 0 spiro atoms. The second-order valence-electron chi connectivity index (χ2n) is 6.26. The number of fused-ring (bicyclic) bond motifs is 2. The van der Waals surface area contributed by atoms with Crippen LogP contribution in [0, 0.1) is 0 Å². The molecule has 0 aliphatic carbocycles. The summed E-state index contributed by atoms with van der Waals surface area (Å²) in [5.74, 6) is 1.53. The predicted molar refractivity (Wildman–Crippen MR) is 104 cm³/mol. The van der Waals surface area contributed by atoms with E-state index in [0.717, 1.165) is 22.4 Å². The molecule has 4 heterocycles. The molecule has 0 unspecified atom stereocenters. The maximum Gasteiger partial charge on any atom is 0.261 e. The first-order chi connectivity index (χ1) is 13.7. The van der Waals surface area contributed by atoms with E-state index >= 15 is 0 Å². The van der Waals surface area contributed by atoms with Crippen LogP contribution in [0.25, 0.3) is 16.8 Å². The van der Waals surface area contributed by atoms with Crippen molar-refractivity contribution in [2.75, 3.05) is 12.5 Å². The number of thiophene rings is 1.